The fraction of sp³-hybridized carbons (Fsp3) is 0. The second-order valence-electron chi connectivity index (χ2n) is 3.22. The summed E-state index contributed by atoms with van der Waals surface area (Å²) in [5.41, 5.74) is 1.62. The van der Waals surface area contributed by atoms with Crippen LogP contribution >= 0.6 is 0 Å². The third-order valence-electron chi connectivity index (χ3n) is 1.94. The van der Waals surface area contributed by atoms with E-state index in [0.29, 0.717) is 5.56 Å². The number of aromatic hydroxyl groups is 2. The highest BCUT2D eigenvalue weighted by atomic mass is 16.3. The van der Waals surface area contributed by atoms with Crippen molar-refractivity contribution in [2.75, 3.05) is 0 Å². The molecule has 0 aliphatic carbocycles. The van der Waals surface area contributed by atoms with Crippen LogP contribution in [0.3, 0.4) is 0 Å². The van der Waals surface area contributed by atoms with Crippen LogP contribution in [0.25, 0.3) is 6.08 Å². The smallest absolute Gasteiger partial charge is 0.119 e. The second-order valence-corrected chi connectivity index (χ2v) is 3.22. The van der Waals surface area contributed by atoms with E-state index in [-0.39, 0.29) is 11.5 Å². The van der Waals surface area contributed by atoms with Gasteiger partial charge in [0.2, 0.25) is 0 Å². The topological polar surface area (TPSA) is 40.5 Å². The van der Waals surface area contributed by atoms with E-state index in [2.05, 4.69) is 13.2 Å². The van der Waals surface area contributed by atoms with Crippen LogP contribution in [0.2, 0.25) is 0 Å². The maximum atomic E-state index is 9.27. The minimum Gasteiger partial charge on any atom is -0.508 e. The van der Waals surface area contributed by atoms with Crippen molar-refractivity contribution in [2.24, 2.45) is 0 Å². The van der Waals surface area contributed by atoms with E-state index in [1.165, 1.54) is 6.07 Å². The van der Waals surface area contributed by atoms with Crippen molar-refractivity contribution >= 4 is 6.08 Å². The molecule has 0 bridgehead atoms. The fourth-order valence-corrected chi connectivity index (χ4v) is 1.23. The Hall–Kier alpha value is -2.22. The van der Waals surface area contributed by atoms with Crippen LogP contribution in [-0.2, 0) is 0 Å². The van der Waals surface area contributed by atoms with Crippen LogP contribution in [0.4, 0.5) is 0 Å². The first-order chi connectivity index (χ1) is 7.65. The summed E-state index contributed by atoms with van der Waals surface area (Å²) in [6, 6.07) is 4.40. The number of hydrogen-bond donors (Lipinski definition) is 2. The number of allylic oxidation sites excluding steroid dienone is 5. The van der Waals surface area contributed by atoms with Crippen LogP contribution < -0.4 is 0 Å². The molecule has 0 saturated heterocycles. The number of phenolic OH excluding ortho intramolecular Hbond substituents is 2. The molecule has 0 spiro atoms. The summed E-state index contributed by atoms with van der Waals surface area (Å²) in [6.07, 6.45) is 8.77. The lowest BCUT2D eigenvalue weighted by molar-refractivity contribution is 0.450. The monoisotopic (exact) mass is 214 g/mol. The Morgan fingerprint density at radius 1 is 1.06 bits per heavy atom. The molecule has 1 aromatic rings. The summed E-state index contributed by atoms with van der Waals surface area (Å²) >= 11 is 0. The second kappa shape index (κ2) is 5.61. The zero-order chi connectivity index (χ0) is 12.0. The molecule has 82 valence electrons. The molecule has 2 nitrogen and oxygen atoms in total. The van der Waals surface area contributed by atoms with E-state index in [0.717, 1.165) is 5.57 Å². The Morgan fingerprint density at radius 3 is 2.19 bits per heavy atom. The molecular weight excluding hydrogens is 200 g/mol. The molecule has 0 heterocycles. The third-order valence-corrected chi connectivity index (χ3v) is 1.94. The lowest BCUT2D eigenvalue weighted by atomic mass is 10.1. The summed E-state index contributed by atoms with van der Waals surface area (Å²) in [5, 5.41) is 18.5. The van der Waals surface area contributed by atoms with Gasteiger partial charge in [-0.3, -0.25) is 0 Å². The quantitative estimate of drug-likeness (QED) is 0.754. The van der Waals surface area contributed by atoms with Gasteiger partial charge in [-0.05, 0) is 23.3 Å². The van der Waals surface area contributed by atoms with Crippen molar-refractivity contribution in [3.8, 4) is 11.5 Å². The molecule has 1 aromatic carbocycles. The lowest BCUT2D eigenvalue weighted by Gasteiger charge is -1.98. The highest BCUT2D eigenvalue weighted by Gasteiger charge is 1.95. The minimum absolute atomic E-state index is 0.0347. The fourth-order valence-electron chi connectivity index (χ4n) is 1.23. The predicted octanol–water partition coefficient (Wildman–Crippen LogP) is 3.41. The Balaban J connectivity index is 2.95. The summed E-state index contributed by atoms with van der Waals surface area (Å²) in [6.45, 7) is 7.25. The van der Waals surface area contributed by atoms with E-state index in [9.17, 15) is 10.2 Å². The highest BCUT2D eigenvalue weighted by molar-refractivity contribution is 5.58. The lowest BCUT2D eigenvalue weighted by Crippen LogP contribution is -1.74. The predicted molar refractivity (Wildman–Crippen MR) is 67.3 cm³/mol. The van der Waals surface area contributed by atoms with Gasteiger partial charge in [0.1, 0.15) is 11.5 Å². The molecule has 0 unspecified atom stereocenters. The van der Waals surface area contributed by atoms with E-state index in [4.69, 9.17) is 0 Å². The average Bonchev–Trinajstić information content (AvgIpc) is 2.23. The Labute approximate surface area is 95.2 Å². The van der Waals surface area contributed by atoms with Crippen molar-refractivity contribution in [3.63, 3.8) is 0 Å². The molecule has 2 heteroatoms. The molecule has 2 N–H and O–H groups in total. The van der Waals surface area contributed by atoms with Gasteiger partial charge in [0.15, 0.2) is 0 Å². The summed E-state index contributed by atoms with van der Waals surface area (Å²) in [5.74, 6) is 0.0695. The first-order valence-corrected chi connectivity index (χ1v) is 4.82. The number of rotatable bonds is 4. The summed E-state index contributed by atoms with van der Waals surface area (Å²) in [7, 11) is 0. The Morgan fingerprint density at radius 2 is 1.69 bits per heavy atom. The number of hydrogen-bond acceptors (Lipinski definition) is 2. The van der Waals surface area contributed by atoms with Gasteiger partial charge in [-0.15, -0.1) is 0 Å². The van der Waals surface area contributed by atoms with E-state index in [1.54, 1.807) is 30.4 Å². The van der Waals surface area contributed by atoms with Gasteiger partial charge < -0.3 is 10.2 Å². The zero-order valence-corrected chi connectivity index (χ0v) is 8.93. The van der Waals surface area contributed by atoms with Crippen LogP contribution in [0.1, 0.15) is 5.56 Å². The highest BCUT2D eigenvalue weighted by Crippen LogP contribution is 2.21. The van der Waals surface area contributed by atoms with Crippen LogP contribution in [0, 0.1) is 0 Å². The molecule has 0 radical (unpaired) electrons. The molecule has 16 heavy (non-hydrogen) atoms. The Kier molecular flexibility index (Phi) is 4.16. The van der Waals surface area contributed by atoms with E-state index in [1.807, 2.05) is 12.2 Å². The molecule has 0 aliphatic rings. The van der Waals surface area contributed by atoms with Crippen LogP contribution in [-0.4, -0.2) is 10.2 Å². The van der Waals surface area contributed by atoms with Crippen LogP contribution in [0.15, 0.2) is 61.2 Å². The van der Waals surface area contributed by atoms with Crippen molar-refractivity contribution < 1.29 is 10.2 Å². The normalized spacial score (nSPS) is 11.6. The summed E-state index contributed by atoms with van der Waals surface area (Å²) < 4.78 is 0. The average molecular weight is 214 g/mol. The van der Waals surface area contributed by atoms with Gasteiger partial charge in [-0.25, -0.2) is 0 Å². The Bertz CT molecular complexity index is 434. The van der Waals surface area contributed by atoms with Crippen LogP contribution in [0.5, 0.6) is 11.5 Å². The maximum Gasteiger partial charge on any atom is 0.119 e. The zero-order valence-electron chi connectivity index (χ0n) is 8.93. The number of phenols is 2. The SMILES string of the molecule is C=C/C=C(C=C)/C=C/c1cc(O)cc(O)c1. The van der Waals surface area contributed by atoms with Gasteiger partial charge in [0.05, 0.1) is 0 Å². The maximum absolute atomic E-state index is 9.27. The molecular formula is C14H14O2. The minimum atomic E-state index is 0.0347. The van der Waals surface area contributed by atoms with Crippen molar-refractivity contribution in [3.05, 3.63) is 66.8 Å². The van der Waals surface area contributed by atoms with Crippen molar-refractivity contribution in [1.29, 1.82) is 0 Å². The van der Waals surface area contributed by atoms with Gasteiger partial charge >= 0.3 is 0 Å². The number of benzene rings is 1. The van der Waals surface area contributed by atoms with Gasteiger partial charge in [-0.1, -0.05) is 43.5 Å². The van der Waals surface area contributed by atoms with Crippen molar-refractivity contribution in [2.45, 2.75) is 0 Å². The van der Waals surface area contributed by atoms with Gasteiger partial charge in [0.25, 0.3) is 0 Å². The van der Waals surface area contributed by atoms with E-state index < -0.39 is 0 Å². The molecule has 0 aliphatic heterocycles. The largest absolute Gasteiger partial charge is 0.508 e. The molecule has 0 fully saturated rings. The molecule has 0 aromatic heterocycles. The molecule has 1 rings (SSSR count). The van der Waals surface area contributed by atoms with Crippen molar-refractivity contribution in [1.82, 2.24) is 0 Å². The summed E-state index contributed by atoms with van der Waals surface area (Å²) in [4.78, 5) is 0. The van der Waals surface area contributed by atoms with Gasteiger partial charge in [0, 0.05) is 6.07 Å². The van der Waals surface area contributed by atoms with E-state index >= 15 is 0 Å². The first-order valence-electron chi connectivity index (χ1n) is 4.82. The molecule has 0 saturated carbocycles. The van der Waals surface area contributed by atoms with Gasteiger partial charge in [-0.2, -0.15) is 0 Å². The third kappa shape index (κ3) is 3.50. The first kappa shape index (κ1) is 11.9. The standard InChI is InChI=1S/C14H14O2/c1-3-5-11(4-2)6-7-12-8-13(15)10-14(16)9-12/h3-10,15-16H,1-2H2/b7-6+,11-5+. The molecule has 0 atom stereocenters. The molecule has 0 amide bonds.